The third-order valence-electron chi connectivity index (χ3n) is 2.50. The number of rotatable bonds is 3. The van der Waals surface area contributed by atoms with Gasteiger partial charge in [0.15, 0.2) is 0 Å². The fourth-order valence-electron chi connectivity index (χ4n) is 1.68. The highest BCUT2D eigenvalue weighted by molar-refractivity contribution is 9.10. The second-order valence-corrected chi connectivity index (χ2v) is 4.94. The topological polar surface area (TPSA) is 55.1 Å². The van der Waals surface area contributed by atoms with Crippen molar-refractivity contribution in [3.05, 3.63) is 45.1 Å². The van der Waals surface area contributed by atoms with Crippen LogP contribution >= 0.6 is 27.5 Å². The van der Waals surface area contributed by atoms with Gasteiger partial charge in [-0.2, -0.15) is 5.10 Å². The summed E-state index contributed by atoms with van der Waals surface area (Å²) in [5.41, 5.74) is 1.27. The van der Waals surface area contributed by atoms with Crippen molar-refractivity contribution in [3.63, 3.8) is 0 Å². The van der Waals surface area contributed by atoms with E-state index in [2.05, 4.69) is 21.0 Å². The van der Waals surface area contributed by atoms with Crippen LogP contribution < -0.4 is 0 Å². The van der Waals surface area contributed by atoms with Gasteiger partial charge in [-0.15, -0.1) is 0 Å². The predicted octanol–water partition coefficient (Wildman–Crippen LogP) is 3.55. The Morgan fingerprint density at radius 3 is 2.78 bits per heavy atom. The van der Waals surface area contributed by atoms with Crippen LogP contribution in [-0.4, -0.2) is 20.9 Å². The maximum absolute atomic E-state index is 11.2. The molecule has 94 valence electrons. The summed E-state index contributed by atoms with van der Waals surface area (Å²) in [6.07, 6.45) is 0.516. The Morgan fingerprint density at radius 1 is 1.56 bits per heavy atom. The molecule has 0 amide bonds. The van der Waals surface area contributed by atoms with Gasteiger partial charge in [-0.05, 0) is 24.6 Å². The van der Waals surface area contributed by atoms with E-state index >= 15 is 0 Å². The molecule has 0 saturated carbocycles. The van der Waals surface area contributed by atoms with E-state index in [1.165, 1.54) is 4.68 Å². The summed E-state index contributed by atoms with van der Waals surface area (Å²) in [5.74, 6) is -1.06. The van der Waals surface area contributed by atoms with Crippen molar-refractivity contribution in [2.75, 3.05) is 0 Å². The Labute approximate surface area is 117 Å². The minimum Gasteiger partial charge on any atom is -0.478 e. The lowest BCUT2D eigenvalue weighted by Gasteiger charge is -2.03. The van der Waals surface area contributed by atoms with Gasteiger partial charge in [0, 0.05) is 4.47 Å². The number of hydrogen-bond donors (Lipinski definition) is 1. The first-order valence-corrected chi connectivity index (χ1v) is 6.48. The zero-order valence-corrected chi connectivity index (χ0v) is 11.9. The van der Waals surface area contributed by atoms with E-state index < -0.39 is 5.97 Å². The number of benzene rings is 1. The Hall–Kier alpha value is -1.33. The second-order valence-electron chi connectivity index (χ2n) is 3.66. The molecule has 6 heteroatoms. The van der Waals surface area contributed by atoms with Crippen LogP contribution in [-0.2, 0) is 6.42 Å². The summed E-state index contributed by atoms with van der Waals surface area (Å²) in [5, 5.41) is 13.5. The molecule has 0 radical (unpaired) electrons. The number of aromatic carboxylic acids is 1. The van der Waals surface area contributed by atoms with Crippen LogP contribution in [0, 0.1) is 0 Å². The van der Waals surface area contributed by atoms with Crippen LogP contribution in [0.25, 0.3) is 5.69 Å². The molecule has 0 unspecified atom stereocenters. The van der Waals surface area contributed by atoms with Crippen LogP contribution in [0.3, 0.4) is 0 Å². The molecule has 1 aromatic heterocycles. The van der Waals surface area contributed by atoms with Crippen LogP contribution in [0.5, 0.6) is 0 Å². The molecule has 0 aliphatic heterocycles. The van der Waals surface area contributed by atoms with E-state index in [1.807, 2.05) is 31.2 Å². The number of aromatic nitrogens is 2. The van der Waals surface area contributed by atoms with E-state index in [0.717, 1.165) is 10.2 Å². The van der Waals surface area contributed by atoms with Crippen LogP contribution in [0.4, 0.5) is 0 Å². The van der Waals surface area contributed by atoms with Crippen molar-refractivity contribution in [3.8, 4) is 5.69 Å². The molecule has 4 nitrogen and oxygen atoms in total. The molecular weight excluding hydrogens is 320 g/mol. The van der Waals surface area contributed by atoms with Crippen LogP contribution in [0.15, 0.2) is 28.7 Å². The zero-order chi connectivity index (χ0) is 13.3. The minimum atomic E-state index is -1.06. The number of aryl methyl sites for hydroxylation is 1. The van der Waals surface area contributed by atoms with Gasteiger partial charge in [0.05, 0.1) is 11.4 Å². The van der Waals surface area contributed by atoms with Gasteiger partial charge in [-0.25, -0.2) is 9.48 Å². The summed E-state index contributed by atoms with van der Waals surface area (Å²) in [4.78, 5) is 11.2. The van der Waals surface area contributed by atoms with Gasteiger partial charge < -0.3 is 5.11 Å². The van der Waals surface area contributed by atoms with E-state index in [4.69, 9.17) is 16.7 Å². The number of carboxylic acids is 1. The van der Waals surface area contributed by atoms with Crippen molar-refractivity contribution < 1.29 is 9.90 Å². The van der Waals surface area contributed by atoms with Gasteiger partial charge in [0.25, 0.3) is 0 Å². The first kappa shape index (κ1) is 13.1. The van der Waals surface area contributed by atoms with Gasteiger partial charge in [-0.1, -0.05) is 40.5 Å². The first-order chi connectivity index (χ1) is 8.54. The lowest BCUT2D eigenvalue weighted by Crippen LogP contribution is -2.00. The minimum absolute atomic E-state index is 0.0687. The molecule has 1 N–H and O–H groups in total. The predicted molar refractivity (Wildman–Crippen MR) is 72.6 cm³/mol. The van der Waals surface area contributed by atoms with E-state index in [1.54, 1.807) is 0 Å². The number of hydrogen-bond acceptors (Lipinski definition) is 2. The van der Waals surface area contributed by atoms with Crippen molar-refractivity contribution in [2.45, 2.75) is 13.3 Å². The molecule has 0 atom stereocenters. The Kier molecular flexibility index (Phi) is 3.73. The monoisotopic (exact) mass is 328 g/mol. The fraction of sp³-hybridized carbons (Fsp3) is 0.167. The quantitative estimate of drug-likeness (QED) is 0.937. The fourth-order valence-corrected chi connectivity index (χ4v) is 2.39. The number of carboxylic acid groups (broad SMARTS) is 1. The first-order valence-electron chi connectivity index (χ1n) is 5.31. The van der Waals surface area contributed by atoms with E-state index in [0.29, 0.717) is 12.1 Å². The lowest BCUT2D eigenvalue weighted by atomic mass is 10.2. The van der Waals surface area contributed by atoms with Gasteiger partial charge in [-0.3, -0.25) is 0 Å². The molecule has 2 rings (SSSR count). The average Bonchev–Trinajstić information content (AvgIpc) is 2.66. The van der Waals surface area contributed by atoms with E-state index in [-0.39, 0.29) is 10.7 Å². The second kappa shape index (κ2) is 5.12. The molecule has 0 spiro atoms. The Morgan fingerprint density at radius 2 is 2.28 bits per heavy atom. The Balaban J connectivity index is 2.63. The molecule has 0 saturated heterocycles. The van der Waals surface area contributed by atoms with Crippen molar-refractivity contribution >= 4 is 33.5 Å². The molecule has 0 fully saturated rings. The molecular formula is C12H10BrClN2O2. The maximum Gasteiger partial charge on any atom is 0.340 e. The zero-order valence-electron chi connectivity index (χ0n) is 9.52. The highest BCUT2D eigenvalue weighted by Gasteiger charge is 2.21. The Bertz CT molecular complexity index is 610. The largest absolute Gasteiger partial charge is 0.478 e. The molecule has 2 aromatic rings. The molecule has 0 aliphatic carbocycles. The lowest BCUT2D eigenvalue weighted by molar-refractivity contribution is 0.0696. The number of halogens is 2. The molecule has 0 bridgehead atoms. The standard InChI is InChI=1S/C12H10BrClN2O2/c1-2-9-10(12(17)18)11(14)16(15-9)8-5-3-4-7(13)6-8/h3-6H,2H2,1H3,(H,17,18). The van der Waals surface area contributed by atoms with Gasteiger partial charge >= 0.3 is 5.97 Å². The smallest absolute Gasteiger partial charge is 0.340 e. The van der Waals surface area contributed by atoms with Gasteiger partial charge in [0.2, 0.25) is 0 Å². The van der Waals surface area contributed by atoms with Crippen LogP contribution in [0.2, 0.25) is 5.15 Å². The highest BCUT2D eigenvalue weighted by atomic mass is 79.9. The van der Waals surface area contributed by atoms with Crippen molar-refractivity contribution in [1.82, 2.24) is 9.78 Å². The number of nitrogens with zero attached hydrogens (tertiary/aromatic N) is 2. The van der Waals surface area contributed by atoms with E-state index in [9.17, 15) is 4.79 Å². The summed E-state index contributed by atoms with van der Waals surface area (Å²) in [7, 11) is 0. The summed E-state index contributed by atoms with van der Waals surface area (Å²) < 4.78 is 2.32. The normalized spacial score (nSPS) is 10.6. The van der Waals surface area contributed by atoms with Crippen molar-refractivity contribution in [2.24, 2.45) is 0 Å². The third kappa shape index (κ3) is 2.28. The summed E-state index contributed by atoms with van der Waals surface area (Å²) >= 11 is 9.45. The SMILES string of the molecule is CCc1nn(-c2cccc(Br)c2)c(Cl)c1C(=O)O. The molecule has 0 aliphatic rings. The third-order valence-corrected chi connectivity index (χ3v) is 3.35. The molecule has 18 heavy (non-hydrogen) atoms. The summed E-state index contributed by atoms with van der Waals surface area (Å²) in [6, 6.07) is 7.35. The molecule has 1 aromatic carbocycles. The highest BCUT2D eigenvalue weighted by Crippen LogP contribution is 2.25. The van der Waals surface area contributed by atoms with Crippen molar-refractivity contribution in [1.29, 1.82) is 0 Å². The van der Waals surface area contributed by atoms with Crippen LogP contribution in [0.1, 0.15) is 23.0 Å². The number of carbonyl (C=O) groups is 1. The molecule has 1 heterocycles. The van der Waals surface area contributed by atoms with Gasteiger partial charge in [0.1, 0.15) is 10.7 Å². The summed E-state index contributed by atoms with van der Waals surface area (Å²) in [6.45, 7) is 1.84. The maximum atomic E-state index is 11.2. The average molecular weight is 330 g/mol.